The van der Waals surface area contributed by atoms with Crippen LogP contribution in [0.3, 0.4) is 0 Å². The summed E-state index contributed by atoms with van der Waals surface area (Å²) in [5.74, 6) is -0.0837. The van der Waals surface area contributed by atoms with Gasteiger partial charge in [0.15, 0.2) is 0 Å². The molecule has 24 heavy (non-hydrogen) atoms. The lowest BCUT2D eigenvalue weighted by molar-refractivity contribution is 0.103. The zero-order chi connectivity index (χ0) is 17.1. The molecule has 1 aromatic heterocycles. The number of amides is 1. The Morgan fingerprint density at radius 3 is 2.79 bits per heavy atom. The quantitative estimate of drug-likeness (QED) is 0.876. The van der Waals surface area contributed by atoms with Crippen molar-refractivity contribution in [1.29, 1.82) is 0 Å². The second kappa shape index (κ2) is 7.55. The van der Waals surface area contributed by atoms with E-state index in [9.17, 15) is 4.79 Å². The van der Waals surface area contributed by atoms with E-state index in [0.29, 0.717) is 18.2 Å². The largest absolute Gasteiger partial charge is 0.378 e. The van der Waals surface area contributed by atoms with Crippen molar-refractivity contribution < 1.29 is 9.53 Å². The fourth-order valence-corrected chi connectivity index (χ4v) is 4.19. The molecule has 0 bridgehead atoms. The Bertz CT molecular complexity index is 739. The molecule has 0 saturated carbocycles. The summed E-state index contributed by atoms with van der Waals surface area (Å²) in [6.07, 6.45) is 0.944. The summed E-state index contributed by atoms with van der Waals surface area (Å²) in [5, 5.41) is 3.68. The highest BCUT2D eigenvalue weighted by molar-refractivity contribution is 7.14. The number of nitrogens with zero attached hydrogens (tertiary/aromatic N) is 1. The highest BCUT2D eigenvalue weighted by atomic mass is 35.5. The van der Waals surface area contributed by atoms with E-state index in [2.05, 4.69) is 17.1 Å². The molecular formula is C18H21ClN2O2S. The number of hydrogen-bond acceptors (Lipinski definition) is 4. The highest BCUT2D eigenvalue weighted by Crippen LogP contribution is 2.35. The Morgan fingerprint density at radius 2 is 2.12 bits per heavy atom. The molecule has 1 aliphatic heterocycles. The number of nitrogens with one attached hydrogen (secondary N) is 1. The number of rotatable bonds is 4. The number of benzene rings is 1. The molecule has 6 heteroatoms. The van der Waals surface area contributed by atoms with Crippen LogP contribution in [0.25, 0.3) is 0 Å². The maximum absolute atomic E-state index is 12.7. The van der Waals surface area contributed by atoms with Crippen LogP contribution < -0.4 is 10.2 Å². The van der Waals surface area contributed by atoms with Gasteiger partial charge in [0.25, 0.3) is 5.91 Å². The van der Waals surface area contributed by atoms with Crippen molar-refractivity contribution in [3.05, 3.63) is 44.6 Å². The van der Waals surface area contributed by atoms with Gasteiger partial charge in [-0.3, -0.25) is 4.79 Å². The third-order valence-electron chi connectivity index (χ3n) is 4.13. The van der Waals surface area contributed by atoms with Gasteiger partial charge in [-0.1, -0.05) is 24.6 Å². The van der Waals surface area contributed by atoms with Crippen molar-refractivity contribution in [3.63, 3.8) is 0 Å². The van der Waals surface area contributed by atoms with Crippen molar-refractivity contribution in [2.75, 3.05) is 36.5 Å². The van der Waals surface area contributed by atoms with Crippen LogP contribution in [0.1, 0.15) is 27.0 Å². The average molecular weight is 365 g/mol. The predicted octanol–water partition coefficient (Wildman–Crippen LogP) is 4.36. The Labute approximate surface area is 151 Å². The number of carbonyl (C=O) groups excluding carboxylic acids is 1. The highest BCUT2D eigenvalue weighted by Gasteiger charge is 2.20. The zero-order valence-corrected chi connectivity index (χ0v) is 15.5. The minimum absolute atomic E-state index is 0.0837. The molecule has 4 nitrogen and oxygen atoms in total. The summed E-state index contributed by atoms with van der Waals surface area (Å²) in [6, 6.07) is 7.57. The number of morpholine rings is 1. The average Bonchev–Trinajstić information content (AvgIpc) is 2.97. The lowest BCUT2D eigenvalue weighted by Gasteiger charge is -2.31. The van der Waals surface area contributed by atoms with Gasteiger partial charge in [0.05, 0.1) is 34.5 Å². The Hall–Kier alpha value is -1.56. The summed E-state index contributed by atoms with van der Waals surface area (Å²) in [7, 11) is 0. The summed E-state index contributed by atoms with van der Waals surface area (Å²) >= 11 is 7.97. The minimum Gasteiger partial charge on any atom is -0.378 e. The number of ether oxygens (including phenoxy) is 1. The SMILES string of the molecule is CCc1sc(C(=O)Nc2cccc(Cl)c2N2CCOCC2)cc1C. The van der Waals surface area contributed by atoms with Gasteiger partial charge in [-0.25, -0.2) is 0 Å². The van der Waals surface area contributed by atoms with E-state index in [1.54, 1.807) is 11.3 Å². The summed E-state index contributed by atoms with van der Waals surface area (Å²) < 4.78 is 5.41. The normalized spacial score (nSPS) is 14.7. The van der Waals surface area contributed by atoms with E-state index >= 15 is 0 Å². The smallest absolute Gasteiger partial charge is 0.265 e. The first-order valence-corrected chi connectivity index (χ1v) is 9.31. The fraction of sp³-hybridized carbons (Fsp3) is 0.389. The van der Waals surface area contributed by atoms with Gasteiger partial charge in [0, 0.05) is 18.0 Å². The van der Waals surface area contributed by atoms with E-state index in [1.165, 1.54) is 10.4 Å². The third-order valence-corrected chi connectivity index (χ3v) is 5.81. The van der Waals surface area contributed by atoms with Crippen LogP contribution in [-0.4, -0.2) is 32.2 Å². The van der Waals surface area contributed by atoms with Crippen LogP contribution >= 0.6 is 22.9 Å². The molecule has 128 valence electrons. The number of anilines is 2. The molecule has 3 rings (SSSR count). The van der Waals surface area contributed by atoms with Gasteiger partial charge in [0.1, 0.15) is 0 Å². The molecule has 0 radical (unpaired) electrons. The zero-order valence-electron chi connectivity index (χ0n) is 13.9. The van der Waals surface area contributed by atoms with Crippen molar-refractivity contribution in [1.82, 2.24) is 0 Å². The maximum Gasteiger partial charge on any atom is 0.265 e. The first kappa shape index (κ1) is 17.3. The van der Waals surface area contributed by atoms with Crippen molar-refractivity contribution in [3.8, 4) is 0 Å². The van der Waals surface area contributed by atoms with E-state index in [0.717, 1.165) is 35.8 Å². The van der Waals surface area contributed by atoms with Crippen LogP contribution in [0, 0.1) is 6.92 Å². The first-order chi connectivity index (χ1) is 11.6. The molecule has 1 aromatic carbocycles. The van der Waals surface area contributed by atoms with Crippen LogP contribution in [0.2, 0.25) is 5.02 Å². The maximum atomic E-state index is 12.7. The molecule has 1 amide bonds. The van der Waals surface area contributed by atoms with Crippen LogP contribution in [0.5, 0.6) is 0 Å². The fourth-order valence-electron chi connectivity index (χ4n) is 2.89. The van der Waals surface area contributed by atoms with E-state index in [-0.39, 0.29) is 5.91 Å². The van der Waals surface area contributed by atoms with Crippen LogP contribution in [0.15, 0.2) is 24.3 Å². The molecule has 1 N–H and O–H groups in total. The number of hydrogen-bond donors (Lipinski definition) is 1. The number of aryl methyl sites for hydroxylation is 2. The molecule has 1 aliphatic rings. The van der Waals surface area contributed by atoms with Gasteiger partial charge in [-0.05, 0) is 37.1 Å². The second-order valence-corrected chi connectivity index (χ2v) is 7.30. The molecule has 0 aliphatic carbocycles. The van der Waals surface area contributed by atoms with E-state index in [1.807, 2.05) is 31.2 Å². The Balaban J connectivity index is 1.86. The Morgan fingerprint density at radius 1 is 1.38 bits per heavy atom. The number of thiophene rings is 1. The van der Waals surface area contributed by atoms with Crippen molar-refractivity contribution in [2.45, 2.75) is 20.3 Å². The molecule has 0 unspecified atom stereocenters. The number of halogens is 1. The minimum atomic E-state index is -0.0837. The summed E-state index contributed by atoms with van der Waals surface area (Å²) in [5.41, 5.74) is 2.80. The first-order valence-electron chi connectivity index (χ1n) is 8.12. The predicted molar refractivity (Wildman–Crippen MR) is 101 cm³/mol. The van der Waals surface area contributed by atoms with E-state index in [4.69, 9.17) is 16.3 Å². The van der Waals surface area contributed by atoms with Crippen molar-refractivity contribution in [2.24, 2.45) is 0 Å². The molecule has 2 aromatic rings. The van der Waals surface area contributed by atoms with Gasteiger partial charge >= 0.3 is 0 Å². The number of carbonyl (C=O) groups is 1. The molecule has 0 atom stereocenters. The molecule has 0 spiro atoms. The van der Waals surface area contributed by atoms with Gasteiger partial charge in [0.2, 0.25) is 0 Å². The molecule has 2 heterocycles. The lowest BCUT2D eigenvalue weighted by Crippen LogP contribution is -2.37. The summed E-state index contributed by atoms with van der Waals surface area (Å²) in [4.78, 5) is 16.8. The van der Waals surface area contributed by atoms with Crippen molar-refractivity contribution >= 4 is 40.2 Å². The monoisotopic (exact) mass is 364 g/mol. The summed E-state index contributed by atoms with van der Waals surface area (Å²) in [6.45, 7) is 7.03. The Kier molecular flexibility index (Phi) is 5.43. The van der Waals surface area contributed by atoms with Gasteiger partial charge in [-0.15, -0.1) is 11.3 Å². The van der Waals surface area contributed by atoms with E-state index < -0.39 is 0 Å². The number of para-hydroxylation sites is 1. The van der Waals surface area contributed by atoms with Gasteiger partial charge in [-0.2, -0.15) is 0 Å². The molecule has 1 fully saturated rings. The molecule has 1 saturated heterocycles. The van der Waals surface area contributed by atoms with Crippen LogP contribution in [0.4, 0.5) is 11.4 Å². The van der Waals surface area contributed by atoms with Gasteiger partial charge < -0.3 is 15.0 Å². The molecular weight excluding hydrogens is 344 g/mol. The standard InChI is InChI=1S/C18H21ClN2O2S/c1-3-15-12(2)11-16(24-15)18(22)20-14-6-4-5-13(19)17(14)21-7-9-23-10-8-21/h4-6,11H,3,7-10H2,1-2H3,(H,20,22). The second-order valence-electron chi connectivity index (χ2n) is 5.76. The lowest BCUT2D eigenvalue weighted by atomic mass is 10.2. The van der Waals surface area contributed by atoms with Crippen LogP contribution in [-0.2, 0) is 11.2 Å². The third kappa shape index (κ3) is 3.58. The topological polar surface area (TPSA) is 41.6 Å².